The van der Waals surface area contributed by atoms with E-state index in [1.165, 1.54) is 38.5 Å². The van der Waals surface area contributed by atoms with Crippen molar-refractivity contribution in [2.24, 2.45) is 5.92 Å². The molecule has 2 aliphatic rings. The summed E-state index contributed by atoms with van der Waals surface area (Å²) in [6.45, 7) is 6.34. The number of likely N-dealkylation sites (tertiary alicyclic amines) is 1. The Balaban J connectivity index is 1.71. The van der Waals surface area contributed by atoms with Gasteiger partial charge in [-0.15, -0.1) is 0 Å². The number of amides is 1. The Morgan fingerprint density at radius 1 is 1.14 bits per heavy atom. The summed E-state index contributed by atoms with van der Waals surface area (Å²) in [5, 5.41) is 3.83. The largest absolute Gasteiger partial charge is 0.450 e. The molecule has 2 rings (SSSR count). The lowest BCUT2D eigenvalue weighted by molar-refractivity contribution is 0.0934. The molecule has 0 unspecified atom stereocenters. The van der Waals surface area contributed by atoms with Crippen molar-refractivity contribution in [3.63, 3.8) is 0 Å². The number of ether oxygens (including phenoxy) is 1. The molecule has 1 amide bonds. The van der Waals surface area contributed by atoms with Crippen LogP contribution in [0, 0.1) is 5.92 Å². The van der Waals surface area contributed by atoms with Crippen LogP contribution in [0.3, 0.4) is 0 Å². The van der Waals surface area contributed by atoms with Gasteiger partial charge in [0.1, 0.15) is 0 Å². The van der Waals surface area contributed by atoms with E-state index < -0.39 is 0 Å². The molecule has 0 aromatic carbocycles. The quantitative estimate of drug-likeness (QED) is 0.807. The van der Waals surface area contributed by atoms with E-state index in [1.54, 1.807) is 0 Å². The summed E-state index contributed by atoms with van der Waals surface area (Å²) >= 11 is 0. The van der Waals surface area contributed by atoms with Crippen LogP contribution in [0.15, 0.2) is 0 Å². The first-order valence-electron chi connectivity index (χ1n) is 8.88. The lowest BCUT2D eigenvalue weighted by Crippen LogP contribution is -2.48. The molecular weight excluding hydrogens is 264 g/mol. The highest BCUT2D eigenvalue weighted by atomic mass is 16.6. The van der Waals surface area contributed by atoms with Gasteiger partial charge in [-0.25, -0.2) is 4.79 Å². The normalized spacial score (nSPS) is 23.6. The number of piperidine rings is 1. The molecule has 1 saturated carbocycles. The predicted molar refractivity (Wildman–Crippen MR) is 85.4 cm³/mol. The molecule has 1 aliphatic carbocycles. The Morgan fingerprint density at radius 2 is 1.76 bits per heavy atom. The maximum atomic E-state index is 11.7. The Labute approximate surface area is 129 Å². The second-order valence-electron chi connectivity index (χ2n) is 6.67. The second kappa shape index (κ2) is 8.62. The highest BCUT2D eigenvalue weighted by Gasteiger charge is 2.26. The minimum Gasteiger partial charge on any atom is -0.450 e. The molecule has 1 saturated heterocycles. The number of carbonyl (C=O) groups is 1. The van der Waals surface area contributed by atoms with Crippen LogP contribution in [0.4, 0.5) is 4.79 Å². The van der Waals surface area contributed by atoms with Gasteiger partial charge in [0.2, 0.25) is 0 Å². The fraction of sp³-hybridized carbons (Fsp3) is 0.941. The van der Waals surface area contributed by atoms with E-state index in [-0.39, 0.29) is 6.09 Å². The minimum absolute atomic E-state index is 0.146. The van der Waals surface area contributed by atoms with E-state index in [0.717, 1.165) is 31.8 Å². The zero-order valence-corrected chi connectivity index (χ0v) is 13.8. The lowest BCUT2D eigenvalue weighted by Gasteiger charge is -2.35. The molecule has 0 bridgehead atoms. The molecule has 0 spiro atoms. The zero-order chi connectivity index (χ0) is 15.1. The summed E-state index contributed by atoms with van der Waals surface area (Å²) in [6, 6.07) is 1.18. The molecular formula is C17H32N2O2. The molecule has 4 nitrogen and oxygen atoms in total. The molecule has 1 aliphatic heterocycles. The first-order chi connectivity index (χ1) is 10.2. The van der Waals surface area contributed by atoms with Crippen molar-refractivity contribution < 1.29 is 9.53 Å². The van der Waals surface area contributed by atoms with E-state index in [2.05, 4.69) is 12.2 Å². The van der Waals surface area contributed by atoms with Gasteiger partial charge < -0.3 is 15.0 Å². The molecule has 2 fully saturated rings. The Morgan fingerprint density at radius 3 is 2.33 bits per heavy atom. The fourth-order valence-corrected chi connectivity index (χ4v) is 3.76. The second-order valence-corrected chi connectivity index (χ2v) is 6.67. The molecule has 0 aromatic heterocycles. The smallest absolute Gasteiger partial charge is 0.409 e. The summed E-state index contributed by atoms with van der Waals surface area (Å²) in [7, 11) is 0. The number of nitrogens with zero attached hydrogens (tertiary/aromatic N) is 1. The van der Waals surface area contributed by atoms with Crippen molar-refractivity contribution in [2.75, 3.05) is 19.7 Å². The summed E-state index contributed by atoms with van der Waals surface area (Å²) < 4.78 is 5.07. The average molecular weight is 296 g/mol. The van der Waals surface area contributed by atoms with Crippen LogP contribution in [-0.4, -0.2) is 42.8 Å². The number of rotatable bonds is 4. The van der Waals surface area contributed by atoms with Crippen LogP contribution >= 0.6 is 0 Å². The van der Waals surface area contributed by atoms with Crippen molar-refractivity contribution >= 4 is 6.09 Å². The lowest BCUT2D eigenvalue weighted by atomic mass is 9.91. The van der Waals surface area contributed by atoms with Crippen LogP contribution in [-0.2, 0) is 4.74 Å². The third-order valence-electron chi connectivity index (χ3n) is 5.13. The van der Waals surface area contributed by atoms with Gasteiger partial charge in [-0.2, -0.15) is 0 Å². The maximum absolute atomic E-state index is 11.7. The van der Waals surface area contributed by atoms with Crippen molar-refractivity contribution in [2.45, 2.75) is 77.3 Å². The van der Waals surface area contributed by atoms with Crippen LogP contribution in [0.25, 0.3) is 0 Å². The highest BCUT2D eigenvalue weighted by Crippen LogP contribution is 2.26. The van der Waals surface area contributed by atoms with Gasteiger partial charge in [0.05, 0.1) is 6.61 Å². The molecule has 122 valence electrons. The first kappa shape index (κ1) is 16.6. The van der Waals surface area contributed by atoms with E-state index >= 15 is 0 Å². The standard InChI is InChI=1S/C17H32N2O2/c1-3-21-17(20)19-12-10-16(11-13-19)18-14(2)15-8-6-4-5-7-9-15/h14-16,18H,3-13H2,1-2H3/t14-/m1/s1. The van der Waals surface area contributed by atoms with Crippen molar-refractivity contribution in [3.8, 4) is 0 Å². The van der Waals surface area contributed by atoms with Crippen LogP contribution in [0.5, 0.6) is 0 Å². The Kier molecular flexibility index (Phi) is 6.81. The summed E-state index contributed by atoms with van der Waals surface area (Å²) in [5.74, 6) is 0.843. The molecule has 4 heteroatoms. The average Bonchev–Trinajstić information content (AvgIpc) is 2.77. The van der Waals surface area contributed by atoms with Crippen molar-refractivity contribution in [1.82, 2.24) is 10.2 Å². The van der Waals surface area contributed by atoms with Gasteiger partial charge in [-0.1, -0.05) is 25.7 Å². The molecule has 21 heavy (non-hydrogen) atoms. The van der Waals surface area contributed by atoms with Gasteiger partial charge in [-0.05, 0) is 45.4 Å². The molecule has 1 N–H and O–H groups in total. The SMILES string of the molecule is CCOC(=O)N1CCC(N[C@H](C)C2CCCCCC2)CC1. The summed E-state index contributed by atoms with van der Waals surface area (Å²) in [5.41, 5.74) is 0. The van der Waals surface area contributed by atoms with Crippen LogP contribution in [0.2, 0.25) is 0 Å². The van der Waals surface area contributed by atoms with E-state index in [9.17, 15) is 4.79 Å². The topological polar surface area (TPSA) is 41.6 Å². The third-order valence-corrected chi connectivity index (χ3v) is 5.13. The van der Waals surface area contributed by atoms with Gasteiger partial charge in [0.25, 0.3) is 0 Å². The maximum Gasteiger partial charge on any atom is 0.409 e. The number of nitrogens with one attached hydrogen (secondary N) is 1. The van der Waals surface area contributed by atoms with E-state index in [0.29, 0.717) is 18.7 Å². The summed E-state index contributed by atoms with van der Waals surface area (Å²) in [4.78, 5) is 13.5. The van der Waals surface area contributed by atoms with Gasteiger partial charge in [0.15, 0.2) is 0 Å². The fourth-order valence-electron chi connectivity index (χ4n) is 3.76. The highest BCUT2D eigenvalue weighted by molar-refractivity contribution is 5.67. The molecule has 0 radical (unpaired) electrons. The molecule has 1 heterocycles. The van der Waals surface area contributed by atoms with Crippen LogP contribution in [0.1, 0.15) is 65.2 Å². The van der Waals surface area contributed by atoms with Gasteiger partial charge in [-0.3, -0.25) is 0 Å². The van der Waals surface area contributed by atoms with Crippen molar-refractivity contribution in [3.05, 3.63) is 0 Å². The Bertz CT molecular complexity index is 306. The Hall–Kier alpha value is -0.770. The minimum atomic E-state index is -0.146. The van der Waals surface area contributed by atoms with E-state index in [4.69, 9.17) is 4.74 Å². The number of hydrogen-bond acceptors (Lipinski definition) is 3. The zero-order valence-electron chi connectivity index (χ0n) is 13.8. The van der Waals surface area contributed by atoms with Gasteiger partial charge in [0, 0.05) is 25.2 Å². The number of carbonyl (C=O) groups excluding carboxylic acids is 1. The summed E-state index contributed by atoms with van der Waals surface area (Å²) in [6.07, 6.45) is 10.4. The van der Waals surface area contributed by atoms with Crippen molar-refractivity contribution in [1.29, 1.82) is 0 Å². The van der Waals surface area contributed by atoms with Gasteiger partial charge >= 0.3 is 6.09 Å². The van der Waals surface area contributed by atoms with Crippen LogP contribution < -0.4 is 5.32 Å². The third kappa shape index (κ3) is 5.17. The van der Waals surface area contributed by atoms with E-state index in [1.807, 2.05) is 11.8 Å². The predicted octanol–water partition coefficient (Wildman–Crippen LogP) is 3.56. The monoisotopic (exact) mass is 296 g/mol. The molecule has 1 atom stereocenters. The first-order valence-corrected chi connectivity index (χ1v) is 8.88. The number of hydrogen-bond donors (Lipinski definition) is 1. The molecule has 0 aromatic rings.